The number of carboxylic acid groups (broad SMARTS) is 1. The monoisotopic (exact) mass is 270 g/mol. The highest BCUT2D eigenvalue weighted by Crippen LogP contribution is 2.18. The second-order valence-electron chi connectivity index (χ2n) is 2.79. The predicted octanol–water partition coefficient (Wildman–Crippen LogP) is 1.23. The van der Waals surface area contributed by atoms with Crippen LogP contribution in [0.3, 0.4) is 0 Å². The van der Waals surface area contributed by atoms with Crippen LogP contribution in [-0.4, -0.2) is 32.7 Å². The van der Waals surface area contributed by atoms with Crippen LogP contribution in [0.5, 0.6) is 0 Å². The van der Waals surface area contributed by atoms with Gasteiger partial charge in [0.05, 0.1) is 0 Å². The maximum Gasteiger partial charge on any atom is 0.357 e. The van der Waals surface area contributed by atoms with E-state index in [4.69, 9.17) is 5.11 Å². The molecule has 15 heavy (non-hydrogen) atoms. The molecule has 78 valence electrons. The maximum absolute atomic E-state index is 10.8. The number of nitrogens with one attached hydrogen (secondary N) is 1. The molecule has 6 nitrogen and oxygen atoms in total. The van der Waals surface area contributed by atoms with E-state index >= 15 is 0 Å². The van der Waals surface area contributed by atoms with Crippen LogP contribution in [0.4, 0.5) is 5.82 Å². The Labute approximate surface area is 93.1 Å². The summed E-state index contributed by atoms with van der Waals surface area (Å²) in [7, 11) is 1.73. The van der Waals surface area contributed by atoms with Crippen molar-refractivity contribution in [1.29, 1.82) is 0 Å². The Morgan fingerprint density at radius 2 is 2.33 bits per heavy atom. The molecule has 0 aliphatic rings. The highest BCUT2D eigenvalue weighted by molar-refractivity contribution is 9.10. The molecule has 2 heterocycles. The van der Waals surface area contributed by atoms with Gasteiger partial charge in [0.1, 0.15) is 10.4 Å². The molecule has 0 spiro atoms. The number of nitrogens with zero attached hydrogens (tertiary/aromatic N) is 3. The first kappa shape index (κ1) is 9.91. The molecule has 0 saturated carbocycles. The van der Waals surface area contributed by atoms with Crippen molar-refractivity contribution < 1.29 is 9.90 Å². The summed E-state index contributed by atoms with van der Waals surface area (Å²) in [6.45, 7) is 0. The zero-order valence-corrected chi connectivity index (χ0v) is 9.32. The van der Waals surface area contributed by atoms with Gasteiger partial charge in [0.25, 0.3) is 0 Å². The van der Waals surface area contributed by atoms with E-state index in [1.807, 2.05) is 0 Å². The van der Waals surface area contributed by atoms with E-state index < -0.39 is 5.97 Å². The molecule has 0 aliphatic carbocycles. The van der Waals surface area contributed by atoms with Crippen LogP contribution in [-0.2, 0) is 0 Å². The molecule has 0 radical (unpaired) electrons. The topological polar surface area (TPSA) is 79.5 Å². The lowest BCUT2D eigenvalue weighted by atomic mass is 10.5. The Morgan fingerprint density at radius 3 is 2.93 bits per heavy atom. The number of hydrogen-bond donors (Lipinski definition) is 2. The summed E-state index contributed by atoms with van der Waals surface area (Å²) in [6.07, 6.45) is 0. The number of fused-ring (bicyclic) bond motifs is 1. The molecule has 2 aromatic rings. The molecule has 0 amide bonds. The SMILES string of the molecule is CNc1ccc2nc(C(=O)O)c(Br)n2n1. The van der Waals surface area contributed by atoms with Gasteiger partial charge in [-0.25, -0.2) is 14.3 Å². The normalized spacial score (nSPS) is 10.5. The average molecular weight is 271 g/mol. The molecule has 0 aliphatic heterocycles. The van der Waals surface area contributed by atoms with E-state index in [0.29, 0.717) is 16.1 Å². The van der Waals surface area contributed by atoms with Crippen LogP contribution < -0.4 is 5.32 Å². The lowest BCUT2D eigenvalue weighted by Gasteiger charge is -1.99. The zero-order valence-electron chi connectivity index (χ0n) is 7.73. The predicted molar refractivity (Wildman–Crippen MR) is 57.2 cm³/mol. The molecule has 2 aromatic heterocycles. The third kappa shape index (κ3) is 1.54. The Hall–Kier alpha value is -1.63. The molecule has 0 bridgehead atoms. The van der Waals surface area contributed by atoms with Crippen LogP contribution in [0.1, 0.15) is 10.5 Å². The minimum absolute atomic E-state index is 0.0456. The van der Waals surface area contributed by atoms with E-state index in [9.17, 15) is 4.79 Å². The van der Waals surface area contributed by atoms with Gasteiger partial charge in [-0.05, 0) is 28.1 Å². The Bertz CT molecular complexity index is 537. The first-order valence-corrected chi connectivity index (χ1v) is 4.89. The number of hydrogen-bond acceptors (Lipinski definition) is 4. The van der Waals surface area contributed by atoms with Crippen molar-refractivity contribution in [2.45, 2.75) is 0 Å². The van der Waals surface area contributed by atoms with Crippen molar-refractivity contribution in [2.24, 2.45) is 0 Å². The highest BCUT2D eigenvalue weighted by atomic mass is 79.9. The first-order valence-electron chi connectivity index (χ1n) is 4.10. The van der Waals surface area contributed by atoms with E-state index in [-0.39, 0.29) is 5.69 Å². The largest absolute Gasteiger partial charge is 0.476 e. The zero-order chi connectivity index (χ0) is 11.0. The van der Waals surface area contributed by atoms with Gasteiger partial charge < -0.3 is 10.4 Å². The van der Waals surface area contributed by atoms with Crippen molar-refractivity contribution in [3.8, 4) is 0 Å². The van der Waals surface area contributed by atoms with Crippen LogP contribution in [0.15, 0.2) is 16.7 Å². The minimum Gasteiger partial charge on any atom is -0.476 e. The fraction of sp³-hybridized carbons (Fsp3) is 0.125. The van der Waals surface area contributed by atoms with Crippen LogP contribution >= 0.6 is 15.9 Å². The van der Waals surface area contributed by atoms with Crippen LogP contribution in [0.25, 0.3) is 5.65 Å². The molecule has 7 heteroatoms. The van der Waals surface area contributed by atoms with Crippen molar-refractivity contribution in [2.75, 3.05) is 12.4 Å². The summed E-state index contributed by atoms with van der Waals surface area (Å²) in [6, 6.07) is 3.41. The Morgan fingerprint density at radius 1 is 1.60 bits per heavy atom. The number of carbonyl (C=O) groups is 1. The van der Waals surface area contributed by atoms with E-state index in [0.717, 1.165) is 0 Å². The number of halogens is 1. The van der Waals surface area contributed by atoms with Gasteiger partial charge in [-0.2, -0.15) is 0 Å². The molecule has 0 saturated heterocycles. The summed E-state index contributed by atoms with van der Waals surface area (Å²) < 4.78 is 1.76. The van der Waals surface area contributed by atoms with Gasteiger partial charge in [-0.1, -0.05) is 0 Å². The number of imidazole rings is 1. The quantitative estimate of drug-likeness (QED) is 0.858. The van der Waals surface area contributed by atoms with Crippen LogP contribution in [0, 0.1) is 0 Å². The highest BCUT2D eigenvalue weighted by Gasteiger charge is 2.16. The van der Waals surface area contributed by atoms with E-state index in [1.54, 1.807) is 19.2 Å². The van der Waals surface area contributed by atoms with Gasteiger partial charge in [-0.3, -0.25) is 0 Å². The van der Waals surface area contributed by atoms with E-state index in [1.165, 1.54) is 4.52 Å². The van der Waals surface area contributed by atoms with Gasteiger partial charge in [0.2, 0.25) is 0 Å². The number of carboxylic acids is 1. The molecular weight excluding hydrogens is 264 g/mol. The smallest absolute Gasteiger partial charge is 0.357 e. The second-order valence-corrected chi connectivity index (χ2v) is 3.55. The summed E-state index contributed by atoms with van der Waals surface area (Å²) in [5, 5.41) is 15.8. The summed E-state index contributed by atoms with van der Waals surface area (Å²) in [4.78, 5) is 14.7. The average Bonchev–Trinajstić information content (AvgIpc) is 2.56. The summed E-state index contributed by atoms with van der Waals surface area (Å²) in [5.41, 5.74) is 0.439. The van der Waals surface area contributed by atoms with Crippen LogP contribution in [0.2, 0.25) is 0 Å². The molecule has 2 N–H and O–H groups in total. The number of aromatic carboxylic acids is 1. The lowest BCUT2D eigenvalue weighted by molar-refractivity contribution is 0.0690. The first-order chi connectivity index (χ1) is 7.13. The summed E-state index contributed by atoms with van der Waals surface area (Å²) >= 11 is 3.15. The van der Waals surface area contributed by atoms with Gasteiger partial charge in [0.15, 0.2) is 11.3 Å². The molecule has 2 rings (SSSR count). The molecule has 0 aromatic carbocycles. The second kappa shape index (κ2) is 3.50. The van der Waals surface area contributed by atoms with Crippen molar-refractivity contribution in [3.63, 3.8) is 0 Å². The van der Waals surface area contributed by atoms with E-state index in [2.05, 4.69) is 31.3 Å². The number of rotatable bonds is 2. The molecule has 0 fully saturated rings. The van der Waals surface area contributed by atoms with Gasteiger partial charge >= 0.3 is 5.97 Å². The maximum atomic E-state index is 10.8. The van der Waals surface area contributed by atoms with Crippen molar-refractivity contribution in [1.82, 2.24) is 14.6 Å². The van der Waals surface area contributed by atoms with Crippen molar-refractivity contribution in [3.05, 3.63) is 22.4 Å². The third-order valence-electron chi connectivity index (χ3n) is 1.88. The standard InChI is InChI=1S/C8H7BrN4O2/c1-10-4-2-3-5-11-6(8(14)15)7(9)13(5)12-4/h2-3H,1H3,(H,10,12)(H,14,15). The molecule has 0 atom stereocenters. The lowest BCUT2D eigenvalue weighted by Crippen LogP contribution is -1.99. The summed E-state index contributed by atoms with van der Waals surface area (Å²) in [5.74, 6) is -0.448. The Balaban J connectivity index is 2.72. The molecular formula is C8H7BrN4O2. The van der Waals surface area contributed by atoms with Gasteiger partial charge in [-0.15, -0.1) is 5.10 Å². The third-order valence-corrected chi connectivity index (χ3v) is 2.59. The number of aromatic nitrogens is 3. The van der Waals surface area contributed by atoms with Gasteiger partial charge in [0, 0.05) is 7.05 Å². The fourth-order valence-electron chi connectivity index (χ4n) is 1.18. The fourth-order valence-corrected chi connectivity index (χ4v) is 1.70. The molecule has 0 unspecified atom stereocenters. The van der Waals surface area contributed by atoms with Crippen molar-refractivity contribution >= 4 is 33.4 Å². The Kier molecular flexibility index (Phi) is 2.31. The number of anilines is 1. The minimum atomic E-state index is -1.08.